The number of hydrogen-bond acceptors (Lipinski definition) is 6. The van der Waals surface area contributed by atoms with E-state index in [4.69, 9.17) is 10.5 Å². The van der Waals surface area contributed by atoms with Crippen molar-refractivity contribution in [3.8, 4) is 5.75 Å². The number of H-pyrrole nitrogens is 1. The fourth-order valence-corrected chi connectivity index (χ4v) is 2.43. The smallest absolute Gasteiger partial charge is 0.251 e. The van der Waals surface area contributed by atoms with Crippen LogP contribution in [0.2, 0.25) is 0 Å². The van der Waals surface area contributed by atoms with Crippen molar-refractivity contribution in [1.82, 2.24) is 9.97 Å². The summed E-state index contributed by atoms with van der Waals surface area (Å²) in [5, 5.41) is 10.4. The number of anilines is 1. The lowest BCUT2D eigenvalue weighted by atomic mass is 10.3. The lowest BCUT2D eigenvalue weighted by molar-refractivity contribution is 0.126. The van der Waals surface area contributed by atoms with Gasteiger partial charge in [0.1, 0.15) is 12.4 Å². The minimum absolute atomic E-state index is 0.160. The summed E-state index contributed by atoms with van der Waals surface area (Å²) in [6.07, 6.45) is -0.668. The van der Waals surface area contributed by atoms with E-state index < -0.39 is 6.10 Å². The van der Waals surface area contributed by atoms with E-state index in [1.807, 2.05) is 0 Å². The maximum absolute atomic E-state index is 11.3. The molecular formula is C14H17N3O3S. The van der Waals surface area contributed by atoms with Gasteiger partial charge >= 0.3 is 0 Å². The van der Waals surface area contributed by atoms with Gasteiger partial charge < -0.3 is 20.6 Å². The van der Waals surface area contributed by atoms with Gasteiger partial charge in [0.15, 0.2) is 5.16 Å². The maximum Gasteiger partial charge on any atom is 0.251 e. The van der Waals surface area contributed by atoms with Gasteiger partial charge in [-0.15, -0.1) is 0 Å². The number of aliphatic hydroxyl groups is 1. The fraction of sp³-hybridized carbons (Fsp3) is 0.286. The molecule has 4 N–H and O–H groups in total. The van der Waals surface area contributed by atoms with E-state index in [-0.39, 0.29) is 12.2 Å². The van der Waals surface area contributed by atoms with Crippen molar-refractivity contribution in [2.45, 2.75) is 18.2 Å². The second-order valence-electron chi connectivity index (χ2n) is 4.54. The maximum atomic E-state index is 11.3. The number of thioether (sulfide) groups is 1. The molecule has 2 aromatic rings. The zero-order chi connectivity index (χ0) is 15.2. The topological polar surface area (TPSA) is 101 Å². The quantitative estimate of drug-likeness (QED) is 0.421. The molecule has 0 aliphatic rings. The standard InChI is InChI=1S/C14H17N3O3S/c1-9-6-13(19)17-14(16-9)21-8-11(18)7-20-12-4-2-10(15)3-5-12/h2-6,11,18H,7-8,15H2,1H3,(H,16,17,19). The van der Waals surface area contributed by atoms with Crippen molar-refractivity contribution in [2.24, 2.45) is 0 Å². The van der Waals surface area contributed by atoms with Crippen molar-refractivity contribution in [3.05, 3.63) is 46.4 Å². The van der Waals surface area contributed by atoms with Gasteiger partial charge in [-0.3, -0.25) is 4.79 Å². The number of aromatic amines is 1. The molecule has 0 amide bonds. The molecule has 0 aliphatic heterocycles. The van der Waals surface area contributed by atoms with Gasteiger partial charge in [0.05, 0.1) is 6.10 Å². The summed E-state index contributed by atoms with van der Waals surface area (Å²) >= 11 is 1.28. The van der Waals surface area contributed by atoms with E-state index in [1.165, 1.54) is 17.8 Å². The Kier molecular flexibility index (Phi) is 5.24. The third kappa shape index (κ3) is 5.13. The Labute approximate surface area is 126 Å². The predicted molar refractivity (Wildman–Crippen MR) is 82.7 cm³/mol. The van der Waals surface area contributed by atoms with Crippen LogP contribution >= 0.6 is 11.8 Å². The van der Waals surface area contributed by atoms with Crippen LogP contribution in [0.25, 0.3) is 0 Å². The summed E-state index contributed by atoms with van der Waals surface area (Å²) in [6, 6.07) is 8.38. The Morgan fingerprint density at radius 3 is 2.81 bits per heavy atom. The number of hydrogen-bond donors (Lipinski definition) is 3. The highest BCUT2D eigenvalue weighted by atomic mass is 32.2. The molecule has 2 rings (SSSR count). The highest BCUT2D eigenvalue weighted by molar-refractivity contribution is 7.99. The van der Waals surface area contributed by atoms with Gasteiger partial charge in [-0.05, 0) is 31.2 Å². The molecular weight excluding hydrogens is 290 g/mol. The number of benzene rings is 1. The van der Waals surface area contributed by atoms with Crippen LogP contribution in [-0.4, -0.2) is 33.5 Å². The van der Waals surface area contributed by atoms with E-state index in [0.29, 0.717) is 28.0 Å². The lowest BCUT2D eigenvalue weighted by Crippen LogP contribution is -2.20. The molecule has 6 nitrogen and oxygen atoms in total. The number of aryl methyl sites for hydroxylation is 1. The monoisotopic (exact) mass is 307 g/mol. The zero-order valence-electron chi connectivity index (χ0n) is 11.6. The van der Waals surface area contributed by atoms with Crippen molar-refractivity contribution in [3.63, 3.8) is 0 Å². The first-order valence-corrected chi connectivity index (χ1v) is 7.38. The number of nitrogens with one attached hydrogen (secondary N) is 1. The Bertz CT molecular complexity index is 643. The molecule has 7 heteroatoms. The number of aliphatic hydroxyl groups excluding tert-OH is 1. The van der Waals surface area contributed by atoms with Crippen molar-refractivity contribution >= 4 is 17.4 Å². The molecule has 0 fully saturated rings. The van der Waals surface area contributed by atoms with Crippen LogP contribution in [0.15, 0.2) is 40.3 Å². The Hall–Kier alpha value is -1.99. The minimum Gasteiger partial charge on any atom is -0.491 e. The molecule has 0 saturated heterocycles. The van der Waals surface area contributed by atoms with Crippen LogP contribution in [0, 0.1) is 6.92 Å². The van der Waals surface area contributed by atoms with E-state index >= 15 is 0 Å². The minimum atomic E-state index is -0.668. The van der Waals surface area contributed by atoms with Crippen LogP contribution < -0.4 is 16.0 Å². The predicted octanol–water partition coefficient (Wildman–Crippen LogP) is 1.19. The highest BCUT2D eigenvalue weighted by Gasteiger charge is 2.08. The number of nitrogens with two attached hydrogens (primary N) is 1. The fourth-order valence-electron chi connectivity index (χ4n) is 1.60. The molecule has 0 bridgehead atoms. The van der Waals surface area contributed by atoms with Crippen LogP contribution in [0.1, 0.15) is 5.69 Å². The van der Waals surface area contributed by atoms with Crippen LogP contribution in [0.5, 0.6) is 5.75 Å². The molecule has 1 aromatic heterocycles. The van der Waals surface area contributed by atoms with Gasteiger partial charge in [-0.25, -0.2) is 4.98 Å². The van der Waals surface area contributed by atoms with Crippen molar-refractivity contribution in [2.75, 3.05) is 18.1 Å². The van der Waals surface area contributed by atoms with Crippen molar-refractivity contribution < 1.29 is 9.84 Å². The molecule has 1 unspecified atom stereocenters. The molecule has 1 heterocycles. The summed E-state index contributed by atoms with van der Waals surface area (Å²) in [4.78, 5) is 18.1. The molecule has 1 aromatic carbocycles. The average molecular weight is 307 g/mol. The molecule has 0 radical (unpaired) electrons. The van der Waals surface area contributed by atoms with E-state index in [2.05, 4.69) is 9.97 Å². The van der Waals surface area contributed by atoms with Gasteiger partial charge in [-0.2, -0.15) is 0 Å². The molecule has 0 saturated carbocycles. The summed E-state index contributed by atoms with van der Waals surface area (Å²) < 4.78 is 5.45. The number of aromatic nitrogens is 2. The number of nitrogen functional groups attached to an aromatic ring is 1. The largest absolute Gasteiger partial charge is 0.491 e. The van der Waals surface area contributed by atoms with Gasteiger partial charge in [0, 0.05) is 23.2 Å². The van der Waals surface area contributed by atoms with E-state index in [0.717, 1.165) is 0 Å². The van der Waals surface area contributed by atoms with Gasteiger partial charge in [-0.1, -0.05) is 11.8 Å². The molecule has 1 atom stereocenters. The summed E-state index contributed by atoms with van der Waals surface area (Å²) in [5.74, 6) is 1.02. The number of rotatable bonds is 6. The normalized spacial score (nSPS) is 12.1. The van der Waals surface area contributed by atoms with Gasteiger partial charge in [0.25, 0.3) is 5.56 Å². The first-order valence-electron chi connectivity index (χ1n) is 6.40. The van der Waals surface area contributed by atoms with E-state index in [9.17, 15) is 9.90 Å². The molecule has 0 aliphatic carbocycles. The van der Waals surface area contributed by atoms with Crippen LogP contribution in [0.3, 0.4) is 0 Å². The zero-order valence-corrected chi connectivity index (χ0v) is 12.4. The Morgan fingerprint density at radius 2 is 2.14 bits per heavy atom. The highest BCUT2D eigenvalue weighted by Crippen LogP contribution is 2.15. The van der Waals surface area contributed by atoms with E-state index in [1.54, 1.807) is 31.2 Å². The average Bonchev–Trinajstić information content (AvgIpc) is 2.43. The second kappa shape index (κ2) is 7.14. The Balaban J connectivity index is 1.80. The molecule has 0 spiro atoms. The van der Waals surface area contributed by atoms with Crippen LogP contribution in [-0.2, 0) is 0 Å². The number of ether oxygens (including phenoxy) is 1. The third-order valence-electron chi connectivity index (χ3n) is 2.58. The summed E-state index contributed by atoms with van der Waals surface area (Å²) in [5.41, 5.74) is 6.69. The summed E-state index contributed by atoms with van der Waals surface area (Å²) in [6.45, 7) is 1.91. The first-order chi connectivity index (χ1) is 10.0. The third-order valence-corrected chi connectivity index (χ3v) is 3.60. The Morgan fingerprint density at radius 1 is 1.43 bits per heavy atom. The lowest BCUT2D eigenvalue weighted by Gasteiger charge is -2.12. The summed E-state index contributed by atoms with van der Waals surface area (Å²) in [7, 11) is 0. The SMILES string of the molecule is Cc1cc(=O)[nH]c(SCC(O)COc2ccc(N)cc2)n1. The molecule has 112 valence electrons. The van der Waals surface area contributed by atoms with Crippen LogP contribution in [0.4, 0.5) is 5.69 Å². The molecule has 21 heavy (non-hydrogen) atoms. The van der Waals surface area contributed by atoms with Gasteiger partial charge in [0.2, 0.25) is 0 Å². The van der Waals surface area contributed by atoms with Crippen molar-refractivity contribution in [1.29, 1.82) is 0 Å². The second-order valence-corrected chi connectivity index (χ2v) is 5.55. The first kappa shape index (κ1) is 15.4. The number of nitrogens with zero attached hydrogens (tertiary/aromatic N) is 1.